The van der Waals surface area contributed by atoms with Crippen molar-refractivity contribution < 1.29 is 23.9 Å². The zero-order valence-electron chi connectivity index (χ0n) is 33.4. The molecule has 18 nitrogen and oxygen atoms in total. The molecule has 0 bridgehead atoms. The van der Waals surface area contributed by atoms with Crippen LogP contribution in [0.1, 0.15) is 72.1 Å². The van der Waals surface area contributed by atoms with E-state index >= 15 is 0 Å². The molecule has 9 rings (SSSR count). The largest absolute Gasteiger partial charge is 0.464 e. The lowest BCUT2D eigenvalue weighted by molar-refractivity contribution is 0.0594. The van der Waals surface area contributed by atoms with Crippen molar-refractivity contribution in [1.82, 2.24) is 55.2 Å². The van der Waals surface area contributed by atoms with Crippen LogP contribution in [0.25, 0.3) is 21.5 Å². The number of nitrogens with zero attached hydrogens (tertiary/aromatic N) is 10. The Kier molecular flexibility index (Phi) is 12.2. The maximum Gasteiger partial charge on any atom is 0.360 e. The fourth-order valence-corrected chi connectivity index (χ4v) is 7.02. The third-order valence-corrected chi connectivity index (χ3v) is 10.4. The minimum atomic E-state index is -0.679. The lowest BCUT2D eigenvalue weighted by atomic mass is 9.85. The Morgan fingerprint density at radius 3 is 1.55 bits per heavy atom. The van der Waals surface area contributed by atoms with Crippen molar-refractivity contribution in [2.75, 3.05) is 24.3 Å². The Morgan fingerprint density at radius 1 is 0.597 bits per heavy atom. The van der Waals surface area contributed by atoms with Gasteiger partial charge < -0.3 is 20.7 Å². The van der Waals surface area contributed by atoms with Crippen LogP contribution in [0.5, 0.6) is 0 Å². The summed E-state index contributed by atoms with van der Waals surface area (Å²) in [4.78, 5) is 67.1. The first-order chi connectivity index (χ1) is 30.4. The Balaban J connectivity index is 0.000000172. The number of carbonyl (C=O) groups excluding carboxylic acids is 4. The number of methoxy groups -OCH3 is 1. The first-order valence-electron chi connectivity index (χ1n) is 19.7. The van der Waals surface area contributed by atoms with Crippen molar-refractivity contribution in [1.29, 1.82) is 0 Å². The predicted molar refractivity (Wildman–Crippen MR) is 227 cm³/mol. The molecule has 0 saturated heterocycles. The maximum atomic E-state index is 13.2. The summed E-state index contributed by atoms with van der Waals surface area (Å²) >= 11 is 0. The van der Waals surface area contributed by atoms with Crippen molar-refractivity contribution in [3.05, 3.63) is 156 Å². The molecule has 3 N–H and O–H groups in total. The highest BCUT2D eigenvalue weighted by Crippen LogP contribution is 2.27. The lowest BCUT2D eigenvalue weighted by Gasteiger charge is -2.25. The van der Waals surface area contributed by atoms with E-state index in [1.807, 2.05) is 60.7 Å². The van der Waals surface area contributed by atoms with Crippen molar-refractivity contribution in [3.8, 4) is 0 Å². The third kappa shape index (κ3) is 9.13. The number of fused-ring (bicyclic) bond motifs is 2. The fourth-order valence-electron chi connectivity index (χ4n) is 7.02. The van der Waals surface area contributed by atoms with Crippen molar-refractivity contribution in [2.45, 2.75) is 32.4 Å². The molecule has 4 heterocycles. The minimum Gasteiger partial charge on any atom is -0.464 e. The molecule has 0 aliphatic heterocycles. The second-order valence-electron chi connectivity index (χ2n) is 14.3. The standard InChI is InChI=1S/C24H23N7O2.C20H16N6O3/c32-23(29-22-21(25-10-11-26-22)24(33)27-14-16-4-3-5-16)20-9-8-17(15-31-13-12-28-30-31)18-6-1-2-7-19(18)20;1-29-20(28)17-18(22-9-8-21-17)24-19(27)16-7-6-13(12-26-11-10-23-25-26)14-4-2-3-5-15(14)16/h1-2,6-13,16H,3-5,14-15H2,(H,27,33)(H,26,29,32);2-11H,12H2,1H3,(H,22,24,27). The summed E-state index contributed by atoms with van der Waals surface area (Å²) in [5.74, 6) is -1.07. The van der Waals surface area contributed by atoms with Gasteiger partial charge in [-0.2, -0.15) is 0 Å². The Hall–Kier alpha value is -8.28. The van der Waals surface area contributed by atoms with Gasteiger partial charge >= 0.3 is 5.97 Å². The van der Waals surface area contributed by atoms with Gasteiger partial charge in [-0.15, -0.1) is 10.2 Å². The highest BCUT2D eigenvalue weighted by Gasteiger charge is 2.23. The number of carbonyl (C=O) groups is 4. The lowest BCUT2D eigenvalue weighted by Crippen LogP contribution is -2.33. The molecule has 1 saturated carbocycles. The number of esters is 1. The van der Waals surface area contributed by atoms with E-state index < -0.39 is 11.9 Å². The number of ether oxygens (including phenoxy) is 1. The summed E-state index contributed by atoms with van der Waals surface area (Å²) in [5, 5.41) is 27.5. The summed E-state index contributed by atoms with van der Waals surface area (Å²) in [5.41, 5.74) is 3.00. The van der Waals surface area contributed by atoms with Crippen LogP contribution in [0.4, 0.5) is 11.6 Å². The van der Waals surface area contributed by atoms with E-state index in [9.17, 15) is 19.2 Å². The summed E-state index contributed by atoms with van der Waals surface area (Å²) < 4.78 is 8.14. The number of nitrogens with one attached hydrogen (secondary N) is 3. The molecule has 1 aliphatic rings. The Morgan fingerprint density at radius 2 is 1.08 bits per heavy atom. The average molecular weight is 830 g/mol. The SMILES string of the molecule is COC(=O)c1nccnc1NC(=O)c1ccc(Cn2ccnn2)c2ccccc12.O=C(NCC1CCC1)c1nccnc1NC(=O)c1ccc(Cn2ccnn2)c2ccccc12. The molecule has 0 unspecified atom stereocenters. The molecule has 18 heteroatoms. The van der Waals surface area contributed by atoms with E-state index in [-0.39, 0.29) is 34.8 Å². The molecular formula is C44H39N13O5. The minimum absolute atomic E-state index is 0.0418. The molecule has 4 aromatic carbocycles. The van der Waals surface area contributed by atoms with Crippen LogP contribution >= 0.6 is 0 Å². The molecule has 1 aliphatic carbocycles. The van der Waals surface area contributed by atoms with Gasteiger partial charge in [-0.05, 0) is 63.6 Å². The monoisotopic (exact) mass is 829 g/mol. The number of aromatic nitrogens is 10. The maximum absolute atomic E-state index is 13.2. The van der Waals surface area contributed by atoms with E-state index in [0.717, 1.165) is 45.5 Å². The van der Waals surface area contributed by atoms with E-state index in [0.29, 0.717) is 36.7 Å². The van der Waals surface area contributed by atoms with Crippen molar-refractivity contribution in [2.24, 2.45) is 5.92 Å². The third-order valence-electron chi connectivity index (χ3n) is 10.4. The number of benzene rings is 4. The van der Waals surface area contributed by atoms with Gasteiger partial charge in [-0.1, -0.05) is 77.5 Å². The predicted octanol–water partition coefficient (Wildman–Crippen LogP) is 5.36. The van der Waals surface area contributed by atoms with Gasteiger partial charge in [0, 0.05) is 54.9 Å². The van der Waals surface area contributed by atoms with Gasteiger partial charge in [-0.3, -0.25) is 14.4 Å². The molecule has 1 fully saturated rings. The molecule has 0 spiro atoms. The highest BCUT2D eigenvalue weighted by molar-refractivity contribution is 6.15. The molecule has 0 radical (unpaired) electrons. The van der Waals surface area contributed by atoms with E-state index in [2.05, 4.69) is 56.5 Å². The molecule has 4 aromatic heterocycles. The normalized spacial score (nSPS) is 12.1. The topological polar surface area (TPSA) is 227 Å². The van der Waals surface area contributed by atoms with Crippen LogP contribution in [0, 0.1) is 5.92 Å². The first-order valence-corrected chi connectivity index (χ1v) is 19.7. The number of hydrogen-bond acceptors (Lipinski definition) is 13. The van der Waals surface area contributed by atoms with Gasteiger partial charge in [0.15, 0.2) is 23.0 Å². The Labute approximate surface area is 353 Å². The van der Waals surface area contributed by atoms with Crippen LogP contribution in [0.3, 0.4) is 0 Å². The molecule has 62 heavy (non-hydrogen) atoms. The van der Waals surface area contributed by atoms with E-state index in [1.165, 1.54) is 38.3 Å². The summed E-state index contributed by atoms with van der Waals surface area (Å²) in [6.45, 7) is 1.68. The molecule has 3 amide bonds. The van der Waals surface area contributed by atoms with Crippen LogP contribution in [-0.2, 0) is 17.8 Å². The number of anilines is 2. The second kappa shape index (κ2) is 18.8. The second-order valence-corrected chi connectivity index (χ2v) is 14.3. The summed E-state index contributed by atoms with van der Waals surface area (Å²) in [6.07, 6.45) is 15.9. The first kappa shape index (κ1) is 40.5. The zero-order valence-corrected chi connectivity index (χ0v) is 33.4. The van der Waals surface area contributed by atoms with E-state index in [1.54, 1.807) is 46.3 Å². The van der Waals surface area contributed by atoms with Crippen LogP contribution < -0.4 is 16.0 Å². The summed E-state index contributed by atoms with van der Waals surface area (Å²) in [7, 11) is 1.24. The average Bonchev–Trinajstić information content (AvgIpc) is 4.01. The fraction of sp³-hybridized carbons (Fsp3) is 0.182. The van der Waals surface area contributed by atoms with Crippen molar-refractivity contribution >= 4 is 56.9 Å². The van der Waals surface area contributed by atoms with Crippen molar-refractivity contribution in [3.63, 3.8) is 0 Å². The van der Waals surface area contributed by atoms with Crippen LogP contribution in [0.15, 0.2) is 122 Å². The van der Waals surface area contributed by atoms with Gasteiger partial charge in [0.1, 0.15) is 0 Å². The number of rotatable bonds is 12. The van der Waals surface area contributed by atoms with E-state index in [4.69, 9.17) is 4.74 Å². The highest BCUT2D eigenvalue weighted by atomic mass is 16.5. The smallest absolute Gasteiger partial charge is 0.360 e. The van der Waals surface area contributed by atoms with Gasteiger partial charge in [0.2, 0.25) is 0 Å². The molecular weight excluding hydrogens is 791 g/mol. The molecule has 310 valence electrons. The summed E-state index contributed by atoms with van der Waals surface area (Å²) in [6, 6.07) is 22.6. The molecule has 0 atom stereocenters. The van der Waals surface area contributed by atoms with Crippen LogP contribution in [-0.4, -0.2) is 87.3 Å². The van der Waals surface area contributed by atoms with Gasteiger partial charge in [0.25, 0.3) is 17.7 Å². The number of amides is 3. The zero-order chi connectivity index (χ0) is 42.8. The Bertz CT molecular complexity index is 2880. The number of hydrogen-bond donors (Lipinski definition) is 3. The van der Waals surface area contributed by atoms with Gasteiger partial charge in [0.05, 0.1) is 32.6 Å². The van der Waals surface area contributed by atoms with Gasteiger partial charge in [-0.25, -0.2) is 34.1 Å². The van der Waals surface area contributed by atoms with Crippen LogP contribution in [0.2, 0.25) is 0 Å². The quantitative estimate of drug-likeness (QED) is 0.132. The molecule has 8 aromatic rings.